The number of nitrogens with zero attached hydrogens (tertiary/aromatic N) is 1. The number of nitrogens with two attached hydrogens (primary N) is 1. The number of carbonyl (C=O) groups excluding carboxylic acids is 1. The van der Waals surface area contributed by atoms with Crippen LogP contribution in [-0.4, -0.2) is 17.5 Å². The Morgan fingerprint density at radius 2 is 1.86 bits per heavy atom. The van der Waals surface area contributed by atoms with Gasteiger partial charge in [0.25, 0.3) is 5.91 Å². The highest BCUT2D eigenvalue weighted by Crippen LogP contribution is 2.32. The average molecular weight is 296 g/mol. The molecular formula is C14H11F3N2O2. The summed E-state index contributed by atoms with van der Waals surface area (Å²) in [6.07, 6.45) is 0. The number of rotatable bonds is 4. The molecular weight excluding hydrogens is 285 g/mol. The van der Waals surface area contributed by atoms with Gasteiger partial charge in [-0.25, -0.2) is 18.2 Å². The van der Waals surface area contributed by atoms with Gasteiger partial charge < -0.3 is 10.5 Å². The van der Waals surface area contributed by atoms with Crippen LogP contribution in [0.15, 0.2) is 24.3 Å². The van der Waals surface area contributed by atoms with Gasteiger partial charge in [-0.15, -0.1) is 0 Å². The van der Waals surface area contributed by atoms with Crippen LogP contribution < -0.4 is 10.5 Å². The van der Waals surface area contributed by atoms with E-state index >= 15 is 0 Å². The molecule has 0 radical (unpaired) electrons. The molecule has 0 aliphatic heterocycles. The summed E-state index contributed by atoms with van der Waals surface area (Å²) in [5.41, 5.74) is 3.39. The summed E-state index contributed by atoms with van der Waals surface area (Å²) < 4.78 is 46.9. The van der Waals surface area contributed by atoms with E-state index in [1.165, 1.54) is 0 Å². The molecule has 2 rings (SSSR count). The number of hydrogen-bond acceptors (Lipinski definition) is 3. The van der Waals surface area contributed by atoms with E-state index in [0.29, 0.717) is 0 Å². The molecule has 0 saturated heterocycles. The maximum absolute atomic E-state index is 14.2. The summed E-state index contributed by atoms with van der Waals surface area (Å²) in [7, 11) is 0. The van der Waals surface area contributed by atoms with Crippen molar-refractivity contribution in [2.75, 3.05) is 6.61 Å². The summed E-state index contributed by atoms with van der Waals surface area (Å²) in [6.45, 7) is 1.77. The van der Waals surface area contributed by atoms with Gasteiger partial charge in [0.2, 0.25) is 0 Å². The van der Waals surface area contributed by atoms with Gasteiger partial charge >= 0.3 is 0 Å². The fourth-order valence-corrected chi connectivity index (χ4v) is 1.77. The first-order valence-electron chi connectivity index (χ1n) is 6.03. The van der Waals surface area contributed by atoms with Gasteiger partial charge in [0.1, 0.15) is 23.0 Å². The molecule has 2 aromatic rings. The lowest BCUT2D eigenvalue weighted by Crippen LogP contribution is -2.14. The topological polar surface area (TPSA) is 65.2 Å². The molecule has 0 bridgehead atoms. The van der Waals surface area contributed by atoms with Crippen molar-refractivity contribution in [3.63, 3.8) is 0 Å². The van der Waals surface area contributed by atoms with Crippen molar-refractivity contribution in [2.45, 2.75) is 6.92 Å². The number of halogens is 3. The van der Waals surface area contributed by atoms with Crippen LogP contribution in [0.3, 0.4) is 0 Å². The van der Waals surface area contributed by atoms with E-state index in [1.807, 2.05) is 0 Å². The Morgan fingerprint density at radius 3 is 2.48 bits per heavy atom. The van der Waals surface area contributed by atoms with Crippen LogP contribution in [0.1, 0.15) is 17.4 Å². The van der Waals surface area contributed by atoms with E-state index in [2.05, 4.69) is 4.98 Å². The molecule has 7 heteroatoms. The van der Waals surface area contributed by atoms with Crippen LogP contribution in [0.2, 0.25) is 0 Å². The molecule has 0 aliphatic rings. The van der Waals surface area contributed by atoms with Crippen molar-refractivity contribution in [1.82, 2.24) is 4.98 Å². The molecule has 0 fully saturated rings. The number of carbonyl (C=O) groups is 1. The van der Waals surface area contributed by atoms with Crippen molar-refractivity contribution in [3.05, 3.63) is 47.4 Å². The fourth-order valence-electron chi connectivity index (χ4n) is 1.77. The Balaban J connectivity index is 2.68. The third-order valence-corrected chi connectivity index (χ3v) is 2.69. The van der Waals surface area contributed by atoms with E-state index in [4.69, 9.17) is 10.5 Å². The summed E-state index contributed by atoms with van der Waals surface area (Å²) in [6, 6.07) is 3.92. The lowest BCUT2D eigenvalue weighted by atomic mass is 10.1. The first-order chi connectivity index (χ1) is 9.95. The first kappa shape index (κ1) is 14.8. The zero-order valence-corrected chi connectivity index (χ0v) is 11.0. The summed E-state index contributed by atoms with van der Waals surface area (Å²) in [5, 5.41) is 0. The van der Waals surface area contributed by atoms with Crippen LogP contribution in [0.25, 0.3) is 11.3 Å². The molecule has 0 saturated carbocycles. The van der Waals surface area contributed by atoms with Crippen molar-refractivity contribution >= 4 is 5.91 Å². The molecule has 1 amide bonds. The van der Waals surface area contributed by atoms with Crippen LogP contribution in [-0.2, 0) is 0 Å². The summed E-state index contributed by atoms with van der Waals surface area (Å²) >= 11 is 0. The van der Waals surface area contributed by atoms with Crippen LogP contribution in [0, 0.1) is 17.5 Å². The third-order valence-electron chi connectivity index (χ3n) is 2.69. The average Bonchev–Trinajstić information content (AvgIpc) is 2.44. The molecule has 0 unspecified atom stereocenters. The highest BCUT2D eigenvalue weighted by molar-refractivity contribution is 5.91. The van der Waals surface area contributed by atoms with E-state index in [1.54, 1.807) is 6.92 Å². The van der Waals surface area contributed by atoms with Gasteiger partial charge in [-0.1, -0.05) is 0 Å². The van der Waals surface area contributed by atoms with Crippen LogP contribution in [0.4, 0.5) is 13.2 Å². The number of benzene rings is 1. The van der Waals surface area contributed by atoms with Gasteiger partial charge in [-0.3, -0.25) is 4.79 Å². The maximum Gasteiger partial charge on any atom is 0.267 e. The lowest BCUT2D eigenvalue weighted by Gasteiger charge is -2.11. The second-order valence-corrected chi connectivity index (χ2v) is 4.06. The number of primary amides is 1. The zero-order valence-electron chi connectivity index (χ0n) is 11.0. The number of pyridine rings is 1. The minimum atomic E-state index is -1.09. The molecule has 4 nitrogen and oxygen atoms in total. The monoisotopic (exact) mass is 296 g/mol. The smallest absolute Gasteiger partial charge is 0.267 e. The molecule has 1 heterocycles. The van der Waals surface area contributed by atoms with Crippen molar-refractivity contribution in [3.8, 4) is 17.0 Å². The Kier molecular flexibility index (Phi) is 4.11. The maximum atomic E-state index is 14.2. The zero-order chi connectivity index (χ0) is 15.6. The van der Waals surface area contributed by atoms with Gasteiger partial charge in [0.05, 0.1) is 12.2 Å². The second kappa shape index (κ2) is 5.82. The molecule has 0 spiro atoms. The molecule has 1 aromatic carbocycles. The fraction of sp³-hybridized carbons (Fsp3) is 0.143. The Morgan fingerprint density at radius 1 is 1.19 bits per heavy atom. The number of hydrogen-bond donors (Lipinski definition) is 1. The van der Waals surface area contributed by atoms with Crippen molar-refractivity contribution in [2.24, 2.45) is 5.73 Å². The lowest BCUT2D eigenvalue weighted by molar-refractivity contribution is 0.0995. The molecule has 21 heavy (non-hydrogen) atoms. The number of ether oxygens (including phenoxy) is 1. The van der Waals surface area contributed by atoms with Crippen molar-refractivity contribution in [1.29, 1.82) is 0 Å². The minimum absolute atomic E-state index is 0.152. The summed E-state index contributed by atoms with van der Waals surface area (Å²) in [4.78, 5) is 14.6. The standard InChI is InChI=1S/C14H11F3N2O2/c1-2-21-10-6-4-7(15)11(12(10)17)13-8(16)3-5-9(19-13)14(18)20/h3-6H,2H2,1H3,(H2,18,20). The molecule has 1 aromatic heterocycles. The van der Waals surface area contributed by atoms with Gasteiger partial charge in [0.15, 0.2) is 11.6 Å². The van der Waals surface area contributed by atoms with Gasteiger partial charge in [-0.2, -0.15) is 0 Å². The highest BCUT2D eigenvalue weighted by Gasteiger charge is 2.21. The normalized spacial score (nSPS) is 10.5. The SMILES string of the molecule is CCOc1ccc(F)c(-c2nc(C(N)=O)ccc2F)c1F. The molecule has 110 valence electrons. The highest BCUT2D eigenvalue weighted by atomic mass is 19.1. The Bertz CT molecular complexity index is 705. The Labute approximate surface area is 118 Å². The first-order valence-corrected chi connectivity index (χ1v) is 6.03. The number of aromatic nitrogens is 1. The van der Waals surface area contributed by atoms with Gasteiger partial charge in [0, 0.05) is 0 Å². The molecule has 2 N–H and O–H groups in total. The predicted molar refractivity (Wildman–Crippen MR) is 69.2 cm³/mol. The predicted octanol–water partition coefficient (Wildman–Crippen LogP) is 2.66. The minimum Gasteiger partial charge on any atom is -0.491 e. The quantitative estimate of drug-likeness (QED) is 0.943. The number of amides is 1. The van der Waals surface area contributed by atoms with E-state index < -0.39 is 34.6 Å². The van der Waals surface area contributed by atoms with E-state index in [9.17, 15) is 18.0 Å². The second-order valence-electron chi connectivity index (χ2n) is 4.06. The largest absolute Gasteiger partial charge is 0.491 e. The third kappa shape index (κ3) is 2.81. The van der Waals surface area contributed by atoms with Crippen LogP contribution >= 0.6 is 0 Å². The molecule has 0 aliphatic carbocycles. The van der Waals surface area contributed by atoms with E-state index in [-0.39, 0.29) is 18.1 Å². The summed E-state index contributed by atoms with van der Waals surface area (Å²) in [5.74, 6) is -4.27. The van der Waals surface area contributed by atoms with E-state index in [0.717, 1.165) is 24.3 Å². The Hall–Kier alpha value is -2.57. The van der Waals surface area contributed by atoms with Crippen molar-refractivity contribution < 1.29 is 22.7 Å². The van der Waals surface area contributed by atoms with Crippen LogP contribution in [0.5, 0.6) is 5.75 Å². The molecule has 0 atom stereocenters. The van der Waals surface area contributed by atoms with Gasteiger partial charge in [-0.05, 0) is 31.2 Å².